The van der Waals surface area contributed by atoms with Gasteiger partial charge < -0.3 is 5.32 Å². The number of hydrogen-bond acceptors (Lipinski definition) is 3. The molecule has 0 spiro atoms. The molecule has 0 aromatic heterocycles. The summed E-state index contributed by atoms with van der Waals surface area (Å²) >= 11 is 0. The minimum atomic E-state index is -3.53. The molecule has 1 amide bonds. The average molecular weight is 389 g/mol. The van der Waals surface area contributed by atoms with Gasteiger partial charge in [-0.15, -0.1) is 0 Å². The Labute approximate surface area is 162 Å². The summed E-state index contributed by atoms with van der Waals surface area (Å²) in [5.74, 6) is -0.0941. The van der Waals surface area contributed by atoms with Gasteiger partial charge in [0.1, 0.15) is 0 Å². The van der Waals surface area contributed by atoms with Crippen molar-refractivity contribution in [2.75, 3.05) is 18.1 Å². The summed E-state index contributed by atoms with van der Waals surface area (Å²) in [7, 11) is -3.53. The van der Waals surface area contributed by atoms with E-state index >= 15 is 0 Å². The van der Waals surface area contributed by atoms with E-state index in [2.05, 4.69) is 19.2 Å². The summed E-state index contributed by atoms with van der Waals surface area (Å²) < 4.78 is 25.7. The first-order valence-electron chi connectivity index (χ1n) is 8.98. The second-order valence-electron chi connectivity index (χ2n) is 7.20. The van der Waals surface area contributed by atoms with Gasteiger partial charge in [0.05, 0.1) is 12.8 Å². The lowest BCUT2D eigenvalue weighted by molar-refractivity contribution is -0.116. The average Bonchev–Trinajstić information content (AvgIpc) is 2.57. The van der Waals surface area contributed by atoms with Crippen molar-refractivity contribution in [3.63, 3.8) is 0 Å². The molecule has 0 saturated heterocycles. The van der Waals surface area contributed by atoms with Crippen LogP contribution in [0.4, 0.5) is 5.69 Å². The smallest absolute Gasteiger partial charge is 0.239 e. The molecule has 5 nitrogen and oxygen atoms in total. The zero-order valence-corrected chi connectivity index (χ0v) is 17.4. The SMILES string of the molecule is Cc1ccccc1CN(CC(=O)Nc1c(C)cccc1C(C)C)S(C)(=O)=O. The molecule has 0 atom stereocenters. The van der Waals surface area contributed by atoms with Gasteiger partial charge >= 0.3 is 0 Å². The summed E-state index contributed by atoms with van der Waals surface area (Å²) in [6.07, 6.45) is 1.13. The normalized spacial score (nSPS) is 11.8. The molecule has 0 aliphatic heterocycles. The fraction of sp³-hybridized carbons (Fsp3) is 0.381. The van der Waals surface area contributed by atoms with Crippen LogP contribution in [0.15, 0.2) is 42.5 Å². The summed E-state index contributed by atoms with van der Waals surface area (Å²) in [6, 6.07) is 13.5. The van der Waals surface area contributed by atoms with E-state index in [0.717, 1.165) is 34.2 Å². The molecular formula is C21H28N2O3S. The highest BCUT2D eigenvalue weighted by atomic mass is 32.2. The minimum absolute atomic E-state index is 0.170. The van der Waals surface area contributed by atoms with Crippen LogP contribution in [0.5, 0.6) is 0 Å². The van der Waals surface area contributed by atoms with E-state index in [1.807, 2.05) is 56.3 Å². The van der Waals surface area contributed by atoms with E-state index in [9.17, 15) is 13.2 Å². The first kappa shape index (κ1) is 21.1. The largest absolute Gasteiger partial charge is 0.324 e. The Kier molecular flexibility index (Phi) is 6.78. The molecule has 2 aromatic rings. The molecule has 0 unspecified atom stereocenters. The van der Waals surface area contributed by atoms with Gasteiger partial charge in [-0.25, -0.2) is 8.42 Å². The number of para-hydroxylation sites is 1. The fourth-order valence-electron chi connectivity index (χ4n) is 2.95. The van der Waals surface area contributed by atoms with Crippen molar-refractivity contribution in [2.24, 2.45) is 0 Å². The number of hydrogen-bond donors (Lipinski definition) is 1. The number of carbonyl (C=O) groups is 1. The molecule has 6 heteroatoms. The predicted octanol–water partition coefficient (Wildman–Crippen LogP) is 3.83. The van der Waals surface area contributed by atoms with Crippen LogP contribution in [0.1, 0.15) is 42.0 Å². The second-order valence-corrected chi connectivity index (χ2v) is 9.18. The van der Waals surface area contributed by atoms with Crippen LogP contribution in [0.25, 0.3) is 0 Å². The third kappa shape index (κ3) is 5.65. The van der Waals surface area contributed by atoms with Crippen LogP contribution in [-0.2, 0) is 21.4 Å². The maximum Gasteiger partial charge on any atom is 0.239 e. The maximum absolute atomic E-state index is 12.7. The van der Waals surface area contributed by atoms with Gasteiger partial charge in [-0.05, 0) is 42.0 Å². The maximum atomic E-state index is 12.7. The van der Waals surface area contributed by atoms with Crippen LogP contribution in [-0.4, -0.2) is 31.4 Å². The summed E-state index contributed by atoms with van der Waals surface area (Å²) in [4.78, 5) is 12.7. The Hall–Kier alpha value is -2.18. The Morgan fingerprint density at radius 3 is 2.26 bits per heavy atom. The number of sulfonamides is 1. The Morgan fingerprint density at radius 1 is 1.04 bits per heavy atom. The molecule has 0 bridgehead atoms. The molecule has 0 aliphatic carbocycles. The van der Waals surface area contributed by atoms with Gasteiger partial charge in [0, 0.05) is 12.2 Å². The van der Waals surface area contributed by atoms with Crippen molar-refractivity contribution in [3.8, 4) is 0 Å². The monoisotopic (exact) mass is 388 g/mol. The van der Waals surface area contributed by atoms with Crippen LogP contribution < -0.4 is 5.32 Å². The zero-order valence-electron chi connectivity index (χ0n) is 16.6. The topological polar surface area (TPSA) is 66.5 Å². The Balaban J connectivity index is 2.22. The molecule has 27 heavy (non-hydrogen) atoms. The summed E-state index contributed by atoms with van der Waals surface area (Å²) in [5.41, 5.74) is 4.64. The molecule has 0 radical (unpaired) electrons. The molecule has 2 rings (SSSR count). The zero-order chi connectivity index (χ0) is 20.2. The van der Waals surface area contributed by atoms with Gasteiger partial charge in [0.2, 0.25) is 15.9 Å². The lowest BCUT2D eigenvalue weighted by Crippen LogP contribution is -2.37. The molecule has 0 aliphatic rings. The molecule has 2 aromatic carbocycles. The van der Waals surface area contributed by atoms with Crippen molar-refractivity contribution >= 4 is 21.6 Å². The van der Waals surface area contributed by atoms with Crippen molar-refractivity contribution in [1.29, 1.82) is 0 Å². The molecule has 0 heterocycles. The number of amides is 1. The van der Waals surface area contributed by atoms with Crippen molar-refractivity contribution < 1.29 is 13.2 Å². The van der Waals surface area contributed by atoms with E-state index in [1.165, 1.54) is 4.31 Å². The summed E-state index contributed by atoms with van der Waals surface area (Å²) in [5, 5.41) is 2.92. The quantitative estimate of drug-likeness (QED) is 0.784. The summed E-state index contributed by atoms with van der Waals surface area (Å²) in [6.45, 7) is 7.93. The second kappa shape index (κ2) is 8.67. The van der Waals surface area contributed by atoms with Crippen LogP contribution in [0.2, 0.25) is 0 Å². The van der Waals surface area contributed by atoms with E-state index in [0.29, 0.717) is 0 Å². The van der Waals surface area contributed by atoms with Crippen LogP contribution in [0, 0.1) is 13.8 Å². The van der Waals surface area contributed by atoms with E-state index in [1.54, 1.807) is 0 Å². The first-order valence-corrected chi connectivity index (χ1v) is 10.8. The first-order chi connectivity index (χ1) is 12.6. The van der Waals surface area contributed by atoms with Crippen LogP contribution in [0.3, 0.4) is 0 Å². The van der Waals surface area contributed by atoms with Gasteiger partial charge in [0.25, 0.3) is 0 Å². The fourth-order valence-corrected chi connectivity index (χ4v) is 3.67. The number of nitrogens with zero attached hydrogens (tertiary/aromatic N) is 1. The molecule has 146 valence electrons. The van der Waals surface area contributed by atoms with Gasteiger partial charge in [-0.2, -0.15) is 4.31 Å². The number of benzene rings is 2. The van der Waals surface area contributed by atoms with Gasteiger partial charge in [-0.1, -0.05) is 56.3 Å². The predicted molar refractivity (Wildman–Crippen MR) is 110 cm³/mol. The van der Waals surface area contributed by atoms with Crippen molar-refractivity contribution in [1.82, 2.24) is 4.31 Å². The lowest BCUT2D eigenvalue weighted by atomic mass is 9.98. The third-order valence-electron chi connectivity index (χ3n) is 4.59. The van der Waals surface area contributed by atoms with Crippen LogP contribution >= 0.6 is 0 Å². The molecule has 0 saturated carbocycles. The Bertz CT molecular complexity index is 921. The Morgan fingerprint density at radius 2 is 1.67 bits per heavy atom. The molecule has 1 N–H and O–H groups in total. The highest BCUT2D eigenvalue weighted by Gasteiger charge is 2.22. The van der Waals surface area contributed by atoms with Crippen molar-refractivity contribution in [3.05, 3.63) is 64.7 Å². The minimum Gasteiger partial charge on any atom is -0.324 e. The third-order valence-corrected chi connectivity index (χ3v) is 5.78. The van der Waals surface area contributed by atoms with E-state index < -0.39 is 10.0 Å². The number of aryl methyl sites for hydroxylation is 2. The standard InChI is InChI=1S/C21H28N2O3S/c1-15(2)19-12-8-10-17(4)21(19)22-20(24)14-23(27(5,25)26)13-18-11-7-6-9-16(18)3/h6-12,15H,13-14H2,1-5H3,(H,22,24). The lowest BCUT2D eigenvalue weighted by Gasteiger charge is -2.22. The number of nitrogens with one attached hydrogen (secondary N) is 1. The van der Waals surface area contributed by atoms with Gasteiger partial charge in [0.15, 0.2) is 0 Å². The highest BCUT2D eigenvalue weighted by molar-refractivity contribution is 7.88. The highest BCUT2D eigenvalue weighted by Crippen LogP contribution is 2.27. The number of rotatable bonds is 7. The van der Waals surface area contributed by atoms with E-state index in [4.69, 9.17) is 0 Å². The molecular weight excluding hydrogens is 360 g/mol. The van der Waals surface area contributed by atoms with Gasteiger partial charge in [-0.3, -0.25) is 4.79 Å². The van der Waals surface area contributed by atoms with E-state index in [-0.39, 0.29) is 24.9 Å². The number of carbonyl (C=O) groups excluding carboxylic acids is 1. The number of anilines is 1. The van der Waals surface area contributed by atoms with Crippen molar-refractivity contribution in [2.45, 2.75) is 40.2 Å². The molecule has 0 fully saturated rings.